The fourth-order valence-electron chi connectivity index (χ4n) is 4.04. The molecule has 32 heavy (non-hydrogen) atoms. The molecule has 1 amide bonds. The Labute approximate surface area is 193 Å². The lowest BCUT2D eigenvalue weighted by molar-refractivity contribution is 0.0930. The molecule has 4 rings (SSSR count). The van der Waals surface area contributed by atoms with Crippen molar-refractivity contribution in [2.45, 2.75) is 6.04 Å². The van der Waals surface area contributed by atoms with Crippen molar-refractivity contribution in [2.24, 2.45) is 0 Å². The van der Waals surface area contributed by atoms with E-state index >= 15 is 0 Å². The minimum Gasteiger partial charge on any atom is -0.497 e. The summed E-state index contributed by atoms with van der Waals surface area (Å²) in [5.41, 5.74) is 2.85. The van der Waals surface area contributed by atoms with Crippen LogP contribution in [-0.4, -0.2) is 55.6 Å². The third-order valence-corrected chi connectivity index (χ3v) is 6.04. The molecule has 0 unspecified atom stereocenters. The van der Waals surface area contributed by atoms with Gasteiger partial charge in [0.05, 0.1) is 13.2 Å². The number of carbonyl (C=O) groups excluding carboxylic acids is 1. The zero-order chi connectivity index (χ0) is 22.3. The van der Waals surface area contributed by atoms with E-state index in [0.717, 1.165) is 37.5 Å². The molecule has 3 aromatic rings. The number of anilines is 1. The number of carbonyl (C=O) groups is 1. The van der Waals surface area contributed by atoms with E-state index in [1.165, 1.54) is 5.69 Å². The van der Waals surface area contributed by atoms with Crippen LogP contribution in [0.4, 0.5) is 5.69 Å². The number of hydrogen-bond acceptors (Lipinski definition) is 5. The molecule has 0 saturated carbocycles. The van der Waals surface area contributed by atoms with Gasteiger partial charge >= 0.3 is 0 Å². The highest BCUT2D eigenvalue weighted by molar-refractivity contribution is 6.30. The van der Waals surface area contributed by atoms with E-state index in [9.17, 15) is 4.79 Å². The summed E-state index contributed by atoms with van der Waals surface area (Å²) in [6.45, 7) is 4.09. The second-order valence-corrected chi connectivity index (χ2v) is 8.18. The van der Waals surface area contributed by atoms with E-state index in [-0.39, 0.29) is 11.9 Å². The number of methoxy groups -OCH3 is 1. The number of piperazine rings is 1. The maximum Gasteiger partial charge on any atom is 0.251 e. The molecule has 1 aliphatic heterocycles. The molecule has 7 heteroatoms. The summed E-state index contributed by atoms with van der Waals surface area (Å²) in [5, 5.41) is 3.64. The summed E-state index contributed by atoms with van der Waals surface area (Å²) >= 11 is 6.04. The van der Waals surface area contributed by atoms with E-state index in [0.29, 0.717) is 17.1 Å². The molecule has 1 saturated heterocycles. The highest BCUT2D eigenvalue weighted by Gasteiger charge is 2.26. The fourth-order valence-corrected chi connectivity index (χ4v) is 4.23. The number of nitrogens with zero attached hydrogens (tertiary/aromatic N) is 3. The summed E-state index contributed by atoms with van der Waals surface area (Å²) in [5.74, 6) is 0.734. The number of pyridine rings is 1. The Hall–Kier alpha value is -3.09. The summed E-state index contributed by atoms with van der Waals surface area (Å²) in [6, 6.07) is 19.2. The predicted octanol–water partition coefficient (Wildman–Crippen LogP) is 4.04. The van der Waals surface area contributed by atoms with Gasteiger partial charge in [0.15, 0.2) is 0 Å². The number of ether oxygens (including phenoxy) is 1. The largest absolute Gasteiger partial charge is 0.497 e. The van der Waals surface area contributed by atoms with Gasteiger partial charge in [0.1, 0.15) is 5.75 Å². The van der Waals surface area contributed by atoms with Gasteiger partial charge in [-0.3, -0.25) is 14.7 Å². The van der Waals surface area contributed by atoms with Gasteiger partial charge in [-0.25, -0.2) is 0 Å². The minimum atomic E-state index is -0.127. The molecule has 1 atom stereocenters. The van der Waals surface area contributed by atoms with Crippen LogP contribution < -0.4 is 15.0 Å². The minimum absolute atomic E-state index is 0.0462. The number of benzene rings is 2. The third-order valence-electron chi connectivity index (χ3n) is 5.80. The molecule has 0 aliphatic carbocycles. The average molecular weight is 451 g/mol. The molecule has 166 valence electrons. The van der Waals surface area contributed by atoms with Crippen LogP contribution in [0, 0.1) is 0 Å². The van der Waals surface area contributed by atoms with E-state index < -0.39 is 0 Å². The Morgan fingerprint density at radius 2 is 1.88 bits per heavy atom. The molecular weight excluding hydrogens is 424 g/mol. The van der Waals surface area contributed by atoms with Crippen LogP contribution in [0.15, 0.2) is 73.1 Å². The van der Waals surface area contributed by atoms with Gasteiger partial charge in [-0.1, -0.05) is 23.7 Å². The zero-order valence-electron chi connectivity index (χ0n) is 18.1. The van der Waals surface area contributed by atoms with Gasteiger partial charge in [0, 0.05) is 61.4 Å². The molecule has 1 aliphatic rings. The summed E-state index contributed by atoms with van der Waals surface area (Å²) in [7, 11) is 1.68. The van der Waals surface area contributed by atoms with Gasteiger partial charge < -0.3 is 15.0 Å². The first-order valence-electron chi connectivity index (χ1n) is 10.7. The lowest BCUT2D eigenvalue weighted by Crippen LogP contribution is -2.50. The lowest BCUT2D eigenvalue weighted by atomic mass is 10.1. The molecule has 6 nitrogen and oxygen atoms in total. The number of rotatable bonds is 7. The maximum atomic E-state index is 12.7. The molecular formula is C25H27ClN4O2. The molecule has 0 spiro atoms. The highest BCUT2D eigenvalue weighted by Crippen LogP contribution is 2.25. The van der Waals surface area contributed by atoms with Crippen molar-refractivity contribution in [1.82, 2.24) is 15.2 Å². The number of nitrogens with one attached hydrogen (secondary N) is 1. The first-order chi connectivity index (χ1) is 15.6. The fraction of sp³-hybridized carbons (Fsp3) is 0.280. The average Bonchev–Trinajstić information content (AvgIpc) is 2.85. The lowest BCUT2D eigenvalue weighted by Gasteiger charge is -2.40. The molecule has 2 heterocycles. The highest BCUT2D eigenvalue weighted by atomic mass is 35.5. The number of aromatic nitrogens is 1. The van der Waals surface area contributed by atoms with Crippen molar-refractivity contribution in [3.05, 3.63) is 89.2 Å². The van der Waals surface area contributed by atoms with E-state index in [4.69, 9.17) is 16.3 Å². The van der Waals surface area contributed by atoms with Crippen LogP contribution in [0.25, 0.3) is 0 Å². The Morgan fingerprint density at radius 3 is 2.53 bits per heavy atom. The third kappa shape index (κ3) is 5.39. The van der Waals surface area contributed by atoms with Crippen molar-refractivity contribution >= 4 is 23.2 Å². The van der Waals surface area contributed by atoms with Gasteiger partial charge in [-0.05, 0) is 54.1 Å². The van der Waals surface area contributed by atoms with Crippen LogP contribution in [0.1, 0.15) is 22.0 Å². The first-order valence-corrected chi connectivity index (χ1v) is 11.1. The normalized spacial score (nSPS) is 15.2. The van der Waals surface area contributed by atoms with Crippen molar-refractivity contribution < 1.29 is 9.53 Å². The van der Waals surface area contributed by atoms with E-state index in [2.05, 4.69) is 38.3 Å². The molecule has 0 bridgehead atoms. The number of amides is 1. The topological polar surface area (TPSA) is 57.7 Å². The monoisotopic (exact) mass is 450 g/mol. The second-order valence-electron chi connectivity index (χ2n) is 7.74. The Morgan fingerprint density at radius 1 is 1.09 bits per heavy atom. The number of halogens is 1. The SMILES string of the molecule is COc1ccc(N2CCN([C@@H](CNC(=O)c3cccc(Cl)c3)c3cccnc3)CC2)cc1. The van der Waals surface area contributed by atoms with Crippen molar-refractivity contribution in [3.63, 3.8) is 0 Å². The second kappa shape index (κ2) is 10.5. The van der Waals surface area contributed by atoms with Crippen molar-refractivity contribution in [3.8, 4) is 5.75 Å². The van der Waals surface area contributed by atoms with Crippen LogP contribution in [0.5, 0.6) is 5.75 Å². The standard InChI is InChI=1S/C25H27ClN4O2/c1-32-23-9-7-22(8-10-23)29-12-14-30(15-13-29)24(20-5-3-11-27-17-20)18-28-25(31)19-4-2-6-21(26)16-19/h2-11,16-17,24H,12-15,18H2,1H3,(H,28,31)/t24-/m0/s1. The molecule has 1 N–H and O–H groups in total. The Bertz CT molecular complexity index is 1020. The predicted molar refractivity (Wildman–Crippen MR) is 128 cm³/mol. The molecule has 1 fully saturated rings. The molecule has 2 aromatic carbocycles. The summed E-state index contributed by atoms with van der Waals surface area (Å²) < 4.78 is 5.26. The number of hydrogen-bond donors (Lipinski definition) is 1. The van der Waals surface area contributed by atoms with Crippen LogP contribution in [0.3, 0.4) is 0 Å². The molecule has 0 radical (unpaired) electrons. The maximum absolute atomic E-state index is 12.7. The van der Waals surface area contributed by atoms with Crippen LogP contribution in [0.2, 0.25) is 5.02 Å². The van der Waals surface area contributed by atoms with E-state index in [1.54, 1.807) is 37.6 Å². The quantitative estimate of drug-likeness (QED) is 0.588. The van der Waals surface area contributed by atoms with Gasteiger partial charge in [-0.2, -0.15) is 0 Å². The Kier molecular flexibility index (Phi) is 7.24. The zero-order valence-corrected chi connectivity index (χ0v) is 18.8. The van der Waals surface area contributed by atoms with Gasteiger partial charge in [-0.15, -0.1) is 0 Å². The van der Waals surface area contributed by atoms with Gasteiger partial charge in [0.2, 0.25) is 0 Å². The summed E-state index contributed by atoms with van der Waals surface area (Å²) in [6.07, 6.45) is 3.65. The first kappa shape index (κ1) is 22.1. The Balaban J connectivity index is 1.42. The smallest absolute Gasteiger partial charge is 0.251 e. The van der Waals surface area contributed by atoms with E-state index in [1.807, 2.05) is 24.4 Å². The van der Waals surface area contributed by atoms with Crippen molar-refractivity contribution in [1.29, 1.82) is 0 Å². The molecule has 1 aromatic heterocycles. The van der Waals surface area contributed by atoms with Crippen LogP contribution >= 0.6 is 11.6 Å². The van der Waals surface area contributed by atoms with Crippen molar-refractivity contribution in [2.75, 3.05) is 44.7 Å². The van der Waals surface area contributed by atoms with Crippen LogP contribution in [-0.2, 0) is 0 Å². The summed E-state index contributed by atoms with van der Waals surface area (Å²) in [4.78, 5) is 21.8. The van der Waals surface area contributed by atoms with Gasteiger partial charge in [0.25, 0.3) is 5.91 Å².